The first-order valence-electron chi connectivity index (χ1n) is 7.13. The van der Waals surface area contributed by atoms with Gasteiger partial charge in [0, 0.05) is 24.8 Å². The SMILES string of the molecule is Cc1ccc(CN(C)c2cc(C)c(F)cc2[C@@H](C)O)cc1. The lowest BCUT2D eigenvalue weighted by Gasteiger charge is -2.24. The molecule has 0 saturated heterocycles. The van der Waals surface area contributed by atoms with Gasteiger partial charge in [0.05, 0.1) is 6.10 Å². The fraction of sp³-hybridized carbons (Fsp3) is 0.333. The molecule has 0 saturated carbocycles. The van der Waals surface area contributed by atoms with Gasteiger partial charge >= 0.3 is 0 Å². The summed E-state index contributed by atoms with van der Waals surface area (Å²) >= 11 is 0. The smallest absolute Gasteiger partial charge is 0.126 e. The Kier molecular flexibility index (Phi) is 4.63. The van der Waals surface area contributed by atoms with Crippen LogP contribution < -0.4 is 4.90 Å². The average molecular weight is 287 g/mol. The van der Waals surface area contributed by atoms with E-state index in [1.54, 1.807) is 19.9 Å². The van der Waals surface area contributed by atoms with Crippen LogP contribution in [0.5, 0.6) is 0 Å². The zero-order valence-electron chi connectivity index (χ0n) is 13.0. The van der Waals surface area contributed by atoms with Gasteiger partial charge in [-0.05, 0) is 44.0 Å². The molecule has 3 heteroatoms. The molecule has 0 aliphatic heterocycles. The monoisotopic (exact) mass is 287 g/mol. The van der Waals surface area contributed by atoms with Crippen LogP contribution in [0.4, 0.5) is 10.1 Å². The Morgan fingerprint density at radius 3 is 2.33 bits per heavy atom. The van der Waals surface area contributed by atoms with Crippen molar-refractivity contribution in [2.75, 3.05) is 11.9 Å². The summed E-state index contributed by atoms with van der Waals surface area (Å²) in [5.41, 5.74) is 4.48. The standard InChI is InChI=1S/C18H22FNO/c1-12-5-7-15(8-6-12)11-20(4)18-9-13(2)17(19)10-16(18)14(3)21/h5-10,14,21H,11H2,1-4H3/t14-/m1/s1. The van der Waals surface area contributed by atoms with E-state index in [0.717, 1.165) is 5.69 Å². The number of rotatable bonds is 4. The summed E-state index contributed by atoms with van der Waals surface area (Å²) in [5, 5.41) is 9.88. The Hall–Kier alpha value is -1.87. The van der Waals surface area contributed by atoms with E-state index >= 15 is 0 Å². The third-order valence-corrected chi connectivity index (χ3v) is 3.71. The Bertz CT molecular complexity index is 620. The van der Waals surface area contributed by atoms with Gasteiger partial charge in [0.1, 0.15) is 5.82 Å². The summed E-state index contributed by atoms with van der Waals surface area (Å²) in [6, 6.07) is 11.6. The second-order valence-corrected chi connectivity index (χ2v) is 5.68. The van der Waals surface area contributed by atoms with Crippen LogP contribution in [0.25, 0.3) is 0 Å². The Morgan fingerprint density at radius 2 is 1.76 bits per heavy atom. The van der Waals surface area contributed by atoms with Gasteiger partial charge in [-0.25, -0.2) is 4.39 Å². The van der Waals surface area contributed by atoms with E-state index in [1.165, 1.54) is 17.2 Å². The highest BCUT2D eigenvalue weighted by atomic mass is 19.1. The maximum Gasteiger partial charge on any atom is 0.126 e. The molecule has 0 aromatic heterocycles. The van der Waals surface area contributed by atoms with Crippen LogP contribution >= 0.6 is 0 Å². The number of benzene rings is 2. The highest BCUT2D eigenvalue weighted by molar-refractivity contribution is 5.56. The number of halogens is 1. The minimum absolute atomic E-state index is 0.279. The van der Waals surface area contributed by atoms with Crippen molar-refractivity contribution in [3.8, 4) is 0 Å². The molecule has 2 aromatic rings. The van der Waals surface area contributed by atoms with Gasteiger partial charge in [0.15, 0.2) is 0 Å². The van der Waals surface area contributed by atoms with Crippen molar-refractivity contribution in [2.24, 2.45) is 0 Å². The van der Waals surface area contributed by atoms with Gasteiger partial charge in [-0.1, -0.05) is 29.8 Å². The van der Waals surface area contributed by atoms with Crippen LogP contribution in [0.1, 0.15) is 35.3 Å². The van der Waals surface area contributed by atoms with Crippen molar-refractivity contribution in [3.05, 3.63) is 64.5 Å². The topological polar surface area (TPSA) is 23.5 Å². The molecule has 2 nitrogen and oxygen atoms in total. The fourth-order valence-corrected chi connectivity index (χ4v) is 2.40. The first-order chi connectivity index (χ1) is 9.88. The molecule has 0 aliphatic rings. The van der Waals surface area contributed by atoms with Crippen LogP contribution in [0.2, 0.25) is 0 Å². The molecule has 0 heterocycles. The molecule has 0 spiro atoms. The predicted octanol–water partition coefficient (Wildman–Crippen LogP) is 4.13. The number of anilines is 1. The van der Waals surface area contributed by atoms with E-state index in [-0.39, 0.29) is 5.82 Å². The second-order valence-electron chi connectivity index (χ2n) is 5.68. The Morgan fingerprint density at radius 1 is 1.14 bits per heavy atom. The van der Waals surface area contributed by atoms with Crippen molar-refractivity contribution in [3.63, 3.8) is 0 Å². The van der Waals surface area contributed by atoms with Gasteiger partial charge in [-0.15, -0.1) is 0 Å². The number of aliphatic hydroxyl groups excluding tert-OH is 1. The third kappa shape index (κ3) is 3.61. The summed E-state index contributed by atoms with van der Waals surface area (Å²) < 4.78 is 13.7. The first-order valence-corrected chi connectivity index (χ1v) is 7.13. The fourth-order valence-electron chi connectivity index (χ4n) is 2.40. The van der Waals surface area contributed by atoms with Crippen LogP contribution in [0, 0.1) is 19.7 Å². The van der Waals surface area contributed by atoms with Gasteiger partial charge in [-0.2, -0.15) is 0 Å². The molecule has 112 valence electrons. The lowest BCUT2D eigenvalue weighted by atomic mass is 10.0. The number of aliphatic hydroxyl groups is 1. The highest BCUT2D eigenvalue weighted by Gasteiger charge is 2.15. The summed E-state index contributed by atoms with van der Waals surface area (Å²) in [4.78, 5) is 2.04. The molecule has 21 heavy (non-hydrogen) atoms. The zero-order chi connectivity index (χ0) is 15.6. The quantitative estimate of drug-likeness (QED) is 0.914. The molecule has 1 N–H and O–H groups in total. The minimum Gasteiger partial charge on any atom is -0.389 e. The average Bonchev–Trinajstić information content (AvgIpc) is 2.43. The highest BCUT2D eigenvalue weighted by Crippen LogP contribution is 2.29. The number of nitrogens with zero attached hydrogens (tertiary/aromatic N) is 1. The van der Waals surface area contributed by atoms with Crippen molar-refractivity contribution < 1.29 is 9.50 Å². The molecule has 0 unspecified atom stereocenters. The van der Waals surface area contributed by atoms with Crippen molar-refractivity contribution in [1.29, 1.82) is 0 Å². The lowest BCUT2D eigenvalue weighted by Crippen LogP contribution is -2.19. The summed E-state index contributed by atoms with van der Waals surface area (Å²) in [5.74, 6) is -0.279. The molecule has 0 fully saturated rings. The maximum atomic E-state index is 13.7. The zero-order valence-corrected chi connectivity index (χ0v) is 13.0. The third-order valence-electron chi connectivity index (χ3n) is 3.71. The molecule has 2 rings (SSSR count). The number of hydrogen-bond acceptors (Lipinski definition) is 2. The van der Waals surface area contributed by atoms with E-state index in [9.17, 15) is 9.50 Å². The molecule has 1 atom stereocenters. The molecular weight excluding hydrogens is 265 g/mol. The molecule has 0 aliphatic carbocycles. The van der Waals surface area contributed by atoms with Crippen LogP contribution in [0.15, 0.2) is 36.4 Å². The summed E-state index contributed by atoms with van der Waals surface area (Å²) in [7, 11) is 1.96. The van der Waals surface area contributed by atoms with Gasteiger partial charge in [0.2, 0.25) is 0 Å². The normalized spacial score (nSPS) is 12.3. The van der Waals surface area contributed by atoms with E-state index < -0.39 is 6.10 Å². The molecule has 2 aromatic carbocycles. The van der Waals surface area contributed by atoms with Crippen LogP contribution in [-0.2, 0) is 6.54 Å². The van der Waals surface area contributed by atoms with Gasteiger partial charge < -0.3 is 10.0 Å². The van der Waals surface area contributed by atoms with Gasteiger partial charge in [0.25, 0.3) is 0 Å². The molecular formula is C18H22FNO. The largest absolute Gasteiger partial charge is 0.389 e. The molecule has 0 bridgehead atoms. The van der Waals surface area contributed by atoms with E-state index in [1.807, 2.05) is 11.9 Å². The van der Waals surface area contributed by atoms with E-state index in [0.29, 0.717) is 17.7 Å². The number of aryl methyl sites for hydroxylation is 2. The Labute approximate surface area is 125 Å². The van der Waals surface area contributed by atoms with Crippen LogP contribution in [0.3, 0.4) is 0 Å². The minimum atomic E-state index is -0.699. The van der Waals surface area contributed by atoms with Crippen molar-refractivity contribution in [1.82, 2.24) is 0 Å². The lowest BCUT2D eigenvalue weighted by molar-refractivity contribution is 0.199. The van der Waals surface area contributed by atoms with E-state index in [4.69, 9.17) is 0 Å². The molecule has 0 amide bonds. The van der Waals surface area contributed by atoms with Crippen molar-refractivity contribution >= 4 is 5.69 Å². The summed E-state index contributed by atoms with van der Waals surface area (Å²) in [6.07, 6.45) is -0.699. The second kappa shape index (κ2) is 6.27. The Balaban J connectivity index is 2.31. The maximum absolute atomic E-state index is 13.7. The number of hydrogen-bond donors (Lipinski definition) is 1. The predicted molar refractivity (Wildman–Crippen MR) is 85.1 cm³/mol. The molecule has 0 radical (unpaired) electrons. The van der Waals surface area contributed by atoms with Gasteiger partial charge in [-0.3, -0.25) is 0 Å². The van der Waals surface area contributed by atoms with E-state index in [2.05, 4.69) is 31.2 Å². The first kappa shape index (κ1) is 15.5. The van der Waals surface area contributed by atoms with Crippen LogP contribution in [-0.4, -0.2) is 12.2 Å². The van der Waals surface area contributed by atoms with Crippen molar-refractivity contribution in [2.45, 2.75) is 33.4 Å². The summed E-state index contributed by atoms with van der Waals surface area (Å²) in [6.45, 7) is 6.17.